The zero-order chi connectivity index (χ0) is 13.2. The third-order valence-electron chi connectivity index (χ3n) is 2.33. The molecule has 18 heavy (non-hydrogen) atoms. The summed E-state index contributed by atoms with van der Waals surface area (Å²) in [7, 11) is 0. The fraction of sp³-hybridized carbons (Fsp3) is 0.538. The van der Waals surface area contributed by atoms with E-state index in [0.29, 0.717) is 19.8 Å². The van der Waals surface area contributed by atoms with Crippen LogP contribution in [-0.4, -0.2) is 35.9 Å². The van der Waals surface area contributed by atoms with Crippen molar-refractivity contribution in [1.82, 2.24) is 4.98 Å². The number of rotatable bonds is 9. The van der Waals surface area contributed by atoms with Gasteiger partial charge in [0.1, 0.15) is 5.69 Å². The van der Waals surface area contributed by atoms with E-state index in [1.165, 1.54) is 12.3 Å². The van der Waals surface area contributed by atoms with Crippen LogP contribution >= 0.6 is 0 Å². The molecule has 100 valence electrons. The molecule has 0 amide bonds. The fourth-order valence-corrected chi connectivity index (χ4v) is 1.34. The van der Waals surface area contributed by atoms with Gasteiger partial charge in [0.2, 0.25) is 0 Å². The second kappa shape index (κ2) is 8.60. The highest BCUT2D eigenvalue weighted by molar-refractivity contribution is 5.85. The van der Waals surface area contributed by atoms with Crippen LogP contribution in [0.15, 0.2) is 18.3 Å². The van der Waals surface area contributed by atoms with Crippen LogP contribution in [0.5, 0.6) is 0 Å². The van der Waals surface area contributed by atoms with Crippen molar-refractivity contribution in [2.45, 2.75) is 26.4 Å². The van der Waals surface area contributed by atoms with Crippen molar-refractivity contribution in [3.63, 3.8) is 0 Å². The van der Waals surface area contributed by atoms with Crippen LogP contribution in [-0.2, 0) is 16.1 Å². The molecule has 5 nitrogen and oxygen atoms in total. The Balaban J connectivity index is 2.19. The average Bonchev–Trinajstić information content (AvgIpc) is 2.38. The Labute approximate surface area is 107 Å². The molecule has 1 heterocycles. The van der Waals surface area contributed by atoms with Gasteiger partial charge < -0.3 is 14.6 Å². The molecule has 0 aliphatic rings. The molecule has 1 aromatic rings. The molecule has 1 rings (SSSR count). The first kappa shape index (κ1) is 14.6. The highest BCUT2D eigenvalue weighted by Crippen LogP contribution is 2.03. The average molecular weight is 253 g/mol. The number of pyridine rings is 1. The Bertz CT molecular complexity index is 368. The van der Waals surface area contributed by atoms with E-state index in [-0.39, 0.29) is 5.69 Å². The zero-order valence-corrected chi connectivity index (χ0v) is 10.6. The number of carbonyl (C=O) groups is 1. The lowest BCUT2D eigenvalue weighted by molar-refractivity contribution is 0.0396. The molecule has 1 aromatic heterocycles. The first-order valence-electron chi connectivity index (χ1n) is 6.07. The minimum atomic E-state index is -1.03. The van der Waals surface area contributed by atoms with Gasteiger partial charge in [-0.3, -0.25) is 0 Å². The van der Waals surface area contributed by atoms with Crippen molar-refractivity contribution in [1.29, 1.82) is 0 Å². The summed E-state index contributed by atoms with van der Waals surface area (Å²) in [5.74, 6) is -1.03. The van der Waals surface area contributed by atoms with E-state index in [1.54, 1.807) is 6.07 Å². The molecule has 0 radical (unpaired) electrons. The Morgan fingerprint density at radius 2 is 2.11 bits per heavy atom. The Morgan fingerprint density at radius 1 is 1.33 bits per heavy atom. The van der Waals surface area contributed by atoms with Crippen LogP contribution < -0.4 is 0 Å². The predicted molar refractivity (Wildman–Crippen MR) is 66.6 cm³/mol. The molecule has 0 aliphatic heterocycles. The molecule has 0 saturated carbocycles. The van der Waals surface area contributed by atoms with Crippen molar-refractivity contribution in [2.24, 2.45) is 0 Å². The number of carboxylic acid groups (broad SMARTS) is 1. The second-order valence-corrected chi connectivity index (χ2v) is 3.87. The quantitative estimate of drug-likeness (QED) is 0.683. The van der Waals surface area contributed by atoms with Crippen LogP contribution in [0.1, 0.15) is 35.8 Å². The minimum Gasteiger partial charge on any atom is -0.477 e. The number of aromatic carboxylic acids is 1. The van der Waals surface area contributed by atoms with Crippen LogP contribution in [0.25, 0.3) is 0 Å². The number of carboxylic acids is 1. The fourth-order valence-electron chi connectivity index (χ4n) is 1.34. The van der Waals surface area contributed by atoms with E-state index < -0.39 is 5.97 Å². The Kier molecular flexibility index (Phi) is 6.98. The second-order valence-electron chi connectivity index (χ2n) is 3.87. The molecule has 5 heteroatoms. The van der Waals surface area contributed by atoms with Crippen molar-refractivity contribution < 1.29 is 19.4 Å². The minimum absolute atomic E-state index is 0.0373. The summed E-state index contributed by atoms with van der Waals surface area (Å²) in [6.07, 6.45) is 3.65. The smallest absolute Gasteiger partial charge is 0.354 e. The van der Waals surface area contributed by atoms with E-state index in [4.69, 9.17) is 14.6 Å². The van der Waals surface area contributed by atoms with Crippen LogP contribution in [0.2, 0.25) is 0 Å². The molecule has 0 saturated heterocycles. The van der Waals surface area contributed by atoms with E-state index in [0.717, 1.165) is 25.0 Å². The number of unbranched alkanes of at least 4 members (excludes halogenated alkanes) is 1. The van der Waals surface area contributed by atoms with E-state index in [2.05, 4.69) is 11.9 Å². The van der Waals surface area contributed by atoms with Gasteiger partial charge in [0.25, 0.3) is 0 Å². The molecule has 0 aromatic carbocycles. The van der Waals surface area contributed by atoms with Gasteiger partial charge in [0, 0.05) is 12.8 Å². The van der Waals surface area contributed by atoms with Crippen molar-refractivity contribution in [2.75, 3.05) is 19.8 Å². The topological polar surface area (TPSA) is 68.7 Å². The molecule has 0 spiro atoms. The molecule has 0 unspecified atom stereocenters. The number of nitrogens with zero attached hydrogens (tertiary/aromatic N) is 1. The number of hydrogen-bond acceptors (Lipinski definition) is 4. The SMILES string of the molecule is CCCCOCCOCc1ccnc(C(=O)O)c1. The third kappa shape index (κ3) is 5.75. The first-order valence-corrected chi connectivity index (χ1v) is 6.07. The standard InChI is InChI=1S/C13H19NO4/c1-2-3-6-17-7-8-18-10-11-4-5-14-12(9-11)13(15)16/h4-5,9H,2-3,6-8,10H2,1H3,(H,15,16). The summed E-state index contributed by atoms with van der Waals surface area (Å²) < 4.78 is 10.7. The molecular weight excluding hydrogens is 234 g/mol. The number of aromatic nitrogens is 1. The van der Waals surface area contributed by atoms with Gasteiger partial charge in [-0.15, -0.1) is 0 Å². The third-order valence-corrected chi connectivity index (χ3v) is 2.33. The monoisotopic (exact) mass is 253 g/mol. The summed E-state index contributed by atoms with van der Waals surface area (Å²) in [5, 5.41) is 8.78. The Hall–Kier alpha value is -1.46. The first-order chi connectivity index (χ1) is 8.74. The molecule has 0 fully saturated rings. The maximum absolute atomic E-state index is 10.7. The molecule has 1 N–H and O–H groups in total. The van der Waals surface area contributed by atoms with Crippen molar-refractivity contribution in [3.8, 4) is 0 Å². The van der Waals surface area contributed by atoms with Gasteiger partial charge in [-0.1, -0.05) is 13.3 Å². The van der Waals surface area contributed by atoms with Crippen LogP contribution in [0.4, 0.5) is 0 Å². The summed E-state index contributed by atoms with van der Waals surface area (Å²) in [4.78, 5) is 14.4. The normalized spacial score (nSPS) is 10.5. The van der Waals surface area contributed by atoms with Gasteiger partial charge >= 0.3 is 5.97 Å². The molecule has 0 atom stereocenters. The van der Waals surface area contributed by atoms with E-state index >= 15 is 0 Å². The predicted octanol–water partition coefficient (Wildman–Crippen LogP) is 2.11. The lowest BCUT2D eigenvalue weighted by atomic mass is 10.2. The van der Waals surface area contributed by atoms with Crippen molar-refractivity contribution in [3.05, 3.63) is 29.6 Å². The number of ether oxygens (including phenoxy) is 2. The molecule has 0 aliphatic carbocycles. The number of hydrogen-bond donors (Lipinski definition) is 1. The van der Waals surface area contributed by atoms with Crippen LogP contribution in [0, 0.1) is 0 Å². The Morgan fingerprint density at radius 3 is 2.83 bits per heavy atom. The van der Waals surface area contributed by atoms with Gasteiger partial charge in [-0.2, -0.15) is 0 Å². The van der Waals surface area contributed by atoms with Gasteiger partial charge in [-0.25, -0.2) is 9.78 Å². The summed E-state index contributed by atoms with van der Waals surface area (Å²) >= 11 is 0. The maximum atomic E-state index is 10.7. The maximum Gasteiger partial charge on any atom is 0.354 e. The lowest BCUT2D eigenvalue weighted by Crippen LogP contribution is -2.06. The highest BCUT2D eigenvalue weighted by Gasteiger charge is 2.04. The summed E-state index contributed by atoms with van der Waals surface area (Å²) in [6, 6.07) is 3.25. The largest absolute Gasteiger partial charge is 0.477 e. The van der Waals surface area contributed by atoms with E-state index in [1.807, 2.05) is 0 Å². The summed E-state index contributed by atoms with van der Waals surface area (Å²) in [6.45, 7) is 4.33. The van der Waals surface area contributed by atoms with Gasteiger partial charge in [0.15, 0.2) is 0 Å². The van der Waals surface area contributed by atoms with Gasteiger partial charge in [-0.05, 0) is 24.1 Å². The molecule has 0 bridgehead atoms. The van der Waals surface area contributed by atoms with E-state index in [9.17, 15) is 4.79 Å². The highest BCUT2D eigenvalue weighted by atomic mass is 16.5. The van der Waals surface area contributed by atoms with Crippen LogP contribution in [0.3, 0.4) is 0 Å². The molecular formula is C13H19NO4. The van der Waals surface area contributed by atoms with Crippen molar-refractivity contribution >= 4 is 5.97 Å². The van der Waals surface area contributed by atoms with Gasteiger partial charge in [0.05, 0.1) is 19.8 Å². The zero-order valence-electron chi connectivity index (χ0n) is 10.6. The lowest BCUT2D eigenvalue weighted by Gasteiger charge is -2.05. The summed E-state index contributed by atoms with van der Waals surface area (Å²) in [5.41, 5.74) is 0.839.